The number of rotatable bonds is 5. The number of hydrogen-bond donors (Lipinski definition) is 1. The molecule has 1 atom stereocenters. The first kappa shape index (κ1) is 18.4. The molecule has 8 nitrogen and oxygen atoms in total. The molecule has 1 unspecified atom stereocenters. The maximum absolute atomic E-state index is 12.2. The zero-order chi connectivity index (χ0) is 19.5. The van der Waals surface area contributed by atoms with E-state index in [1.807, 2.05) is 44.2 Å². The topological polar surface area (TPSA) is 96.8 Å². The molecule has 0 radical (unpaired) electrons. The monoisotopic (exact) mass is 395 g/mol. The van der Waals surface area contributed by atoms with Crippen LogP contribution in [0.25, 0.3) is 0 Å². The third kappa shape index (κ3) is 4.30. The van der Waals surface area contributed by atoms with Gasteiger partial charge in [-0.05, 0) is 44.5 Å². The Balaban J connectivity index is 1.34. The fourth-order valence-electron chi connectivity index (χ4n) is 3.27. The Hall–Kier alpha value is -2.94. The van der Waals surface area contributed by atoms with E-state index in [4.69, 9.17) is 0 Å². The van der Waals surface area contributed by atoms with E-state index in [0.29, 0.717) is 11.7 Å². The van der Waals surface area contributed by atoms with Crippen molar-refractivity contribution in [3.05, 3.63) is 52.4 Å². The summed E-state index contributed by atoms with van der Waals surface area (Å²) < 4.78 is 0. The quantitative estimate of drug-likeness (QED) is 0.709. The number of anilines is 2. The van der Waals surface area contributed by atoms with Gasteiger partial charge in [0.2, 0.25) is 11.0 Å². The lowest BCUT2D eigenvalue weighted by molar-refractivity contribution is -0.115. The summed E-state index contributed by atoms with van der Waals surface area (Å²) in [4.78, 5) is 18.8. The minimum atomic E-state index is -0.154. The summed E-state index contributed by atoms with van der Waals surface area (Å²) in [6, 6.07) is 9.39. The Morgan fingerprint density at radius 3 is 2.79 bits per heavy atom. The molecule has 0 aromatic carbocycles. The van der Waals surface area contributed by atoms with Gasteiger partial charge in [0.15, 0.2) is 5.82 Å². The van der Waals surface area contributed by atoms with Gasteiger partial charge >= 0.3 is 0 Å². The Bertz CT molecular complexity index is 972. The zero-order valence-electron chi connectivity index (χ0n) is 15.8. The van der Waals surface area contributed by atoms with Gasteiger partial charge in [-0.2, -0.15) is 5.10 Å². The van der Waals surface area contributed by atoms with Gasteiger partial charge in [-0.15, -0.1) is 15.3 Å². The number of aromatic nitrogens is 5. The average molecular weight is 395 g/mol. The van der Waals surface area contributed by atoms with Crippen molar-refractivity contribution in [2.75, 3.05) is 23.3 Å². The van der Waals surface area contributed by atoms with Crippen LogP contribution in [0.1, 0.15) is 34.4 Å². The molecule has 1 aliphatic heterocycles. The van der Waals surface area contributed by atoms with Crippen molar-refractivity contribution in [2.45, 2.75) is 32.6 Å². The van der Waals surface area contributed by atoms with Crippen molar-refractivity contribution in [1.82, 2.24) is 25.4 Å². The van der Waals surface area contributed by atoms with Crippen LogP contribution in [0.4, 0.5) is 10.9 Å². The predicted molar refractivity (Wildman–Crippen MR) is 108 cm³/mol. The molecule has 9 heteroatoms. The molecule has 1 N–H and O–H groups in total. The average Bonchev–Trinajstić information content (AvgIpc) is 3.31. The number of pyridine rings is 1. The van der Waals surface area contributed by atoms with Crippen LogP contribution in [0.2, 0.25) is 0 Å². The number of nitrogens with one attached hydrogen (secondary N) is 1. The molecule has 0 saturated carbocycles. The number of nitrogens with zero attached hydrogens (tertiary/aromatic N) is 6. The van der Waals surface area contributed by atoms with Crippen LogP contribution in [0, 0.1) is 13.8 Å². The van der Waals surface area contributed by atoms with Gasteiger partial charge in [-0.25, -0.2) is 0 Å². The number of hydrogen-bond acceptors (Lipinski definition) is 8. The minimum Gasteiger partial charge on any atom is -0.346 e. The van der Waals surface area contributed by atoms with Gasteiger partial charge in [0.1, 0.15) is 5.01 Å². The highest BCUT2D eigenvalue weighted by atomic mass is 32.1. The third-order valence-corrected chi connectivity index (χ3v) is 5.53. The Kier molecular flexibility index (Phi) is 5.25. The molecule has 144 valence electrons. The van der Waals surface area contributed by atoms with Crippen LogP contribution in [0.3, 0.4) is 0 Å². The van der Waals surface area contributed by atoms with Crippen molar-refractivity contribution in [2.24, 2.45) is 0 Å². The van der Waals surface area contributed by atoms with Crippen molar-refractivity contribution >= 4 is 28.2 Å². The summed E-state index contributed by atoms with van der Waals surface area (Å²) >= 11 is 1.61. The molecule has 4 rings (SSSR count). The highest BCUT2D eigenvalue weighted by Gasteiger charge is 2.27. The van der Waals surface area contributed by atoms with Gasteiger partial charge in [0.25, 0.3) is 0 Å². The molecule has 3 aromatic rings. The summed E-state index contributed by atoms with van der Waals surface area (Å²) in [6.07, 6.45) is 1.21. The first-order chi connectivity index (χ1) is 13.6. The summed E-state index contributed by atoms with van der Waals surface area (Å²) in [5.74, 6) is 0.604. The van der Waals surface area contributed by atoms with Crippen molar-refractivity contribution < 1.29 is 4.79 Å². The maximum Gasteiger partial charge on any atom is 0.231 e. The smallest absolute Gasteiger partial charge is 0.231 e. The second-order valence-electron chi connectivity index (χ2n) is 6.87. The molecule has 28 heavy (non-hydrogen) atoms. The van der Waals surface area contributed by atoms with Gasteiger partial charge in [-0.1, -0.05) is 17.4 Å². The summed E-state index contributed by atoms with van der Waals surface area (Å²) in [5.41, 5.74) is 2.56. The minimum absolute atomic E-state index is 0.154. The second-order valence-corrected chi connectivity index (χ2v) is 8.03. The van der Waals surface area contributed by atoms with Crippen LogP contribution in [-0.2, 0) is 11.2 Å². The van der Waals surface area contributed by atoms with Crippen LogP contribution < -0.4 is 10.2 Å². The molecule has 1 saturated heterocycles. The standard InChI is InChI=1S/C19H21N7OS/c1-12-4-3-5-15(20-12)10-18(27)21-17-7-6-16(23-24-17)14-8-9-26(11-14)19-25-22-13(2)28-19/h3-7,14H,8-11H2,1-2H3,(H,21,24,27). The van der Waals surface area contributed by atoms with Crippen molar-refractivity contribution in [1.29, 1.82) is 0 Å². The molecular formula is C19H21N7OS. The fourth-order valence-corrected chi connectivity index (χ4v) is 3.99. The largest absolute Gasteiger partial charge is 0.346 e. The number of amides is 1. The van der Waals surface area contributed by atoms with E-state index in [1.165, 1.54) is 0 Å². The maximum atomic E-state index is 12.2. The first-order valence-electron chi connectivity index (χ1n) is 9.18. The van der Waals surface area contributed by atoms with E-state index in [-0.39, 0.29) is 12.3 Å². The van der Waals surface area contributed by atoms with E-state index in [9.17, 15) is 4.79 Å². The van der Waals surface area contributed by atoms with Crippen LogP contribution in [-0.4, -0.2) is 44.4 Å². The first-order valence-corrected chi connectivity index (χ1v) is 9.99. The Morgan fingerprint density at radius 1 is 1.18 bits per heavy atom. The lowest BCUT2D eigenvalue weighted by atomic mass is 10.1. The van der Waals surface area contributed by atoms with E-state index in [2.05, 4.69) is 35.6 Å². The molecule has 4 heterocycles. The molecule has 0 spiro atoms. The molecular weight excluding hydrogens is 374 g/mol. The zero-order valence-corrected chi connectivity index (χ0v) is 16.6. The van der Waals surface area contributed by atoms with Crippen molar-refractivity contribution in [3.8, 4) is 0 Å². The van der Waals surface area contributed by atoms with Gasteiger partial charge in [0, 0.05) is 30.4 Å². The predicted octanol–water partition coefficient (Wildman–Crippen LogP) is 2.52. The highest BCUT2D eigenvalue weighted by molar-refractivity contribution is 7.15. The van der Waals surface area contributed by atoms with Gasteiger partial charge < -0.3 is 10.2 Å². The van der Waals surface area contributed by atoms with E-state index >= 15 is 0 Å². The number of carbonyl (C=O) groups excluding carboxylic acids is 1. The van der Waals surface area contributed by atoms with Gasteiger partial charge in [0.05, 0.1) is 12.1 Å². The SMILES string of the molecule is Cc1cccc(CC(=O)Nc2ccc(C3CCN(c4nnc(C)s4)C3)nn2)n1. The summed E-state index contributed by atoms with van der Waals surface area (Å²) in [6.45, 7) is 5.65. The van der Waals surface area contributed by atoms with E-state index in [1.54, 1.807) is 11.3 Å². The molecule has 0 bridgehead atoms. The molecule has 1 fully saturated rings. The fraction of sp³-hybridized carbons (Fsp3) is 0.368. The van der Waals surface area contributed by atoms with Crippen molar-refractivity contribution in [3.63, 3.8) is 0 Å². The van der Waals surface area contributed by atoms with Crippen LogP contribution in [0.15, 0.2) is 30.3 Å². The Morgan fingerprint density at radius 2 is 2.07 bits per heavy atom. The second kappa shape index (κ2) is 7.97. The number of carbonyl (C=O) groups is 1. The lowest BCUT2D eigenvalue weighted by Gasteiger charge is -2.13. The van der Waals surface area contributed by atoms with Gasteiger partial charge in [-0.3, -0.25) is 9.78 Å². The highest BCUT2D eigenvalue weighted by Crippen LogP contribution is 2.31. The van der Waals surface area contributed by atoms with Crippen LogP contribution in [0.5, 0.6) is 0 Å². The number of aryl methyl sites for hydroxylation is 2. The third-order valence-electron chi connectivity index (χ3n) is 4.63. The molecule has 3 aromatic heterocycles. The van der Waals surface area contributed by atoms with E-state index in [0.717, 1.165) is 46.7 Å². The van der Waals surface area contributed by atoms with E-state index < -0.39 is 0 Å². The summed E-state index contributed by atoms with van der Waals surface area (Å²) in [7, 11) is 0. The van der Waals surface area contributed by atoms with Crippen LogP contribution >= 0.6 is 11.3 Å². The Labute approximate surface area is 167 Å². The molecule has 1 amide bonds. The molecule has 0 aliphatic carbocycles. The summed E-state index contributed by atoms with van der Waals surface area (Å²) in [5, 5.41) is 21.5. The lowest BCUT2D eigenvalue weighted by Crippen LogP contribution is -2.19. The molecule has 1 aliphatic rings. The normalized spacial score (nSPS) is 16.4.